The fraction of sp³-hybridized carbons (Fsp3) is 0.429. The summed E-state index contributed by atoms with van der Waals surface area (Å²) in [6, 6.07) is 6.35. The van der Waals surface area contributed by atoms with Crippen LogP contribution >= 0.6 is 0 Å². The molecule has 4 nitrogen and oxygen atoms in total. The summed E-state index contributed by atoms with van der Waals surface area (Å²) in [5.41, 5.74) is 0.875. The standard InChI is InChI=1S/C14H17FN2O2/c1-2-3-8-16-14(18)13-9-12(17-19-13)10-6-4-5-7-11(10)15/h4-7,13H,2-3,8-9H2,1H3,(H,16,18). The first-order valence-electron chi connectivity index (χ1n) is 6.47. The third kappa shape index (κ3) is 3.30. The highest BCUT2D eigenvalue weighted by Gasteiger charge is 2.29. The van der Waals surface area contributed by atoms with Crippen LogP contribution in [0.2, 0.25) is 0 Å². The van der Waals surface area contributed by atoms with Gasteiger partial charge >= 0.3 is 0 Å². The van der Waals surface area contributed by atoms with Crippen molar-refractivity contribution in [3.8, 4) is 0 Å². The summed E-state index contributed by atoms with van der Waals surface area (Å²) in [6.07, 6.45) is 1.60. The van der Waals surface area contributed by atoms with Gasteiger partial charge in [0.25, 0.3) is 5.91 Å². The van der Waals surface area contributed by atoms with Crippen molar-refractivity contribution in [1.29, 1.82) is 0 Å². The molecule has 0 saturated carbocycles. The number of oxime groups is 1. The molecule has 1 heterocycles. The molecule has 102 valence electrons. The van der Waals surface area contributed by atoms with Crippen LogP contribution < -0.4 is 5.32 Å². The summed E-state index contributed by atoms with van der Waals surface area (Å²) in [5, 5.41) is 6.59. The van der Waals surface area contributed by atoms with Crippen molar-refractivity contribution in [3.05, 3.63) is 35.6 Å². The first kappa shape index (κ1) is 13.5. The van der Waals surface area contributed by atoms with Gasteiger partial charge in [-0.1, -0.05) is 36.7 Å². The molecule has 1 amide bonds. The topological polar surface area (TPSA) is 50.7 Å². The lowest BCUT2D eigenvalue weighted by molar-refractivity contribution is -0.131. The van der Waals surface area contributed by atoms with Crippen molar-refractivity contribution in [3.63, 3.8) is 0 Å². The van der Waals surface area contributed by atoms with Crippen molar-refractivity contribution in [2.24, 2.45) is 5.16 Å². The summed E-state index contributed by atoms with van der Waals surface area (Å²) < 4.78 is 13.6. The number of amides is 1. The maximum atomic E-state index is 13.6. The summed E-state index contributed by atoms with van der Waals surface area (Å²) >= 11 is 0. The molecule has 0 bridgehead atoms. The third-order valence-corrected chi connectivity index (χ3v) is 2.98. The lowest BCUT2D eigenvalue weighted by atomic mass is 10.0. The van der Waals surface area contributed by atoms with E-state index in [1.54, 1.807) is 18.2 Å². The van der Waals surface area contributed by atoms with Crippen LogP contribution in [0.15, 0.2) is 29.4 Å². The van der Waals surface area contributed by atoms with Gasteiger partial charge in [-0.25, -0.2) is 4.39 Å². The maximum absolute atomic E-state index is 13.6. The Hall–Kier alpha value is -1.91. The molecule has 5 heteroatoms. The van der Waals surface area contributed by atoms with Crippen LogP contribution in [-0.2, 0) is 9.63 Å². The summed E-state index contributed by atoms with van der Waals surface area (Å²) in [5.74, 6) is -0.541. The Bertz CT molecular complexity index is 488. The second kappa shape index (κ2) is 6.31. The Morgan fingerprint density at radius 2 is 2.32 bits per heavy atom. The average molecular weight is 264 g/mol. The number of hydrogen-bond acceptors (Lipinski definition) is 3. The van der Waals surface area contributed by atoms with Gasteiger partial charge in [-0.2, -0.15) is 0 Å². The van der Waals surface area contributed by atoms with Gasteiger partial charge in [0.2, 0.25) is 6.10 Å². The minimum absolute atomic E-state index is 0.191. The molecule has 0 saturated heterocycles. The SMILES string of the molecule is CCCCNC(=O)C1CC(c2ccccc2F)=NO1. The molecule has 1 aromatic rings. The second-order valence-corrected chi connectivity index (χ2v) is 4.46. The molecule has 2 rings (SSSR count). The van der Waals surface area contributed by atoms with E-state index in [9.17, 15) is 9.18 Å². The van der Waals surface area contributed by atoms with E-state index in [1.165, 1.54) is 6.07 Å². The van der Waals surface area contributed by atoms with E-state index in [4.69, 9.17) is 4.84 Å². The van der Waals surface area contributed by atoms with Crippen LogP contribution in [0.3, 0.4) is 0 Å². The van der Waals surface area contributed by atoms with Crippen molar-refractivity contribution in [2.45, 2.75) is 32.3 Å². The summed E-state index contributed by atoms with van der Waals surface area (Å²) in [6.45, 7) is 2.68. The number of benzene rings is 1. The molecule has 1 unspecified atom stereocenters. The first-order valence-corrected chi connectivity index (χ1v) is 6.47. The van der Waals surface area contributed by atoms with E-state index in [-0.39, 0.29) is 11.7 Å². The van der Waals surface area contributed by atoms with Gasteiger partial charge in [-0.05, 0) is 12.5 Å². The van der Waals surface area contributed by atoms with E-state index in [1.807, 2.05) is 0 Å². The predicted molar refractivity (Wildman–Crippen MR) is 70.3 cm³/mol. The number of rotatable bonds is 5. The smallest absolute Gasteiger partial charge is 0.264 e. The van der Waals surface area contributed by atoms with Gasteiger partial charge in [0, 0.05) is 18.5 Å². The lowest BCUT2D eigenvalue weighted by Gasteiger charge is -2.08. The number of carbonyl (C=O) groups excluding carboxylic acids is 1. The van der Waals surface area contributed by atoms with Crippen molar-refractivity contribution >= 4 is 11.6 Å². The Balaban J connectivity index is 1.92. The molecule has 0 fully saturated rings. The number of hydrogen-bond donors (Lipinski definition) is 1. The van der Waals surface area contributed by atoms with Crippen molar-refractivity contribution in [2.75, 3.05) is 6.54 Å². The highest BCUT2D eigenvalue weighted by atomic mass is 19.1. The van der Waals surface area contributed by atoms with Crippen LogP contribution in [0.1, 0.15) is 31.7 Å². The largest absolute Gasteiger partial charge is 0.382 e. The Morgan fingerprint density at radius 3 is 3.05 bits per heavy atom. The van der Waals surface area contributed by atoms with Crippen molar-refractivity contribution < 1.29 is 14.0 Å². The van der Waals surface area contributed by atoms with Gasteiger partial charge in [0.15, 0.2) is 0 Å². The van der Waals surface area contributed by atoms with Gasteiger partial charge in [-0.15, -0.1) is 0 Å². The molecule has 1 aliphatic rings. The Morgan fingerprint density at radius 1 is 1.53 bits per heavy atom. The Kier molecular flexibility index (Phi) is 4.49. The number of nitrogens with one attached hydrogen (secondary N) is 1. The number of nitrogens with zero attached hydrogens (tertiary/aromatic N) is 1. The average Bonchev–Trinajstić information content (AvgIpc) is 2.89. The van der Waals surface area contributed by atoms with Gasteiger partial charge in [-0.3, -0.25) is 4.79 Å². The first-order chi connectivity index (χ1) is 9.22. The molecular weight excluding hydrogens is 247 g/mol. The molecule has 0 aromatic heterocycles. The zero-order valence-electron chi connectivity index (χ0n) is 10.9. The van der Waals surface area contributed by atoms with Gasteiger partial charge in [0.05, 0.1) is 5.71 Å². The van der Waals surface area contributed by atoms with Gasteiger partial charge in [0.1, 0.15) is 5.82 Å². The predicted octanol–water partition coefficient (Wildman–Crippen LogP) is 2.24. The molecule has 19 heavy (non-hydrogen) atoms. The molecule has 0 radical (unpaired) electrons. The van der Waals surface area contributed by atoms with E-state index in [0.717, 1.165) is 12.8 Å². The fourth-order valence-electron chi connectivity index (χ4n) is 1.87. The lowest BCUT2D eigenvalue weighted by Crippen LogP contribution is -2.35. The molecule has 0 aliphatic carbocycles. The van der Waals surface area contributed by atoms with Crippen LogP contribution in [0.4, 0.5) is 4.39 Å². The van der Waals surface area contributed by atoms with E-state index < -0.39 is 6.10 Å². The number of unbranched alkanes of at least 4 members (excludes halogenated alkanes) is 1. The zero-order chi connectivity index (χ0) is 13.7. The molecule has 1 aromatic carbocycles. The zero-order valence-corrected chi connectivity index (χ0v) is 10.9. The van der Waals surface area contributed by atoms with Crippen LogP contribution in [-0.4, -0.2) is 24.3 Å². The van der Waals surface area contributed by atoms with Crippen LogP contribution in [0.25, 0.3) is 0 Å². The normalized spacial score (nSPS) is 17.8. The molecular formula is C14H17FN2O2. The fourth-order valence-corrected chi connectivity index (χ4v) is 1.87. The van der Waals surface area contributed by atoms with Crippen LogP contribution in [0.5, 0.6) is 0 Å². The number of carbonyl (C=O) groups is 1. The van der Waals surface area contributed by atoms with E-state index >= 15 is 0 Å². The minimum Gasteiger partial charge on any atom is -0.382 e. The second-order valence-electron chi connectivity index (χ2n) is 4.46. The monoisotopic (exact) mass is 264 g/mol. The molecule has 0 spiro atoms. The van der Waals surface area contributed by atoms with E-state index in [2.05, 4.69) is 17.4 Å². The van der Waals surface area contributed by atoms with Crippen molar-refractivity contribution in [1.82, 2.24) is 5.32 Å². The molecule has 1 aliphatic heterocycles. The molecule has 1 atom stereocenters. The maximum Gasteiger partial charge on any atom is 0.264 e. The van der Waals surface area contributed by atoms with E-state index in [0.29, 0.717) is 24.2 Å². The third-order valence-electron chi connectivity index (χ3n) is 2.98. The highest BCUT2D eigenvalue weighted by molar-refractivity contribution is 6.04. The van der Waals surface area contributed by atoms with Gasteiger partial charge < -0.3 is 10.2 Å². The summed E-state index contributed by atoms with van der Waals surface area (Å²) in [7, 11) is 0. The molecule has 1 N–H and O–H groups in total. The summed E-state index contributed by atoms with van der Waals surface area (Å²) in [4.78, 5) is 16.9. The Labute approximate surface area is 111 Å². The number of halogens is 1. The quantitative estimate of drug-likeness (QED) is 0.829. The minimum atomic E-state index is -0.647. The highest BCUT2D eigenvalue weighted by Crippen LogP contribution is 2.18. The van der Waals surface area contributed by atoms with Crippen LogP contribution in [0, 0.1) is 5.82 Å².